The maximum atomic E-state index is 9.05. The zero-order valence-electron chi connectivity index (χ0n) is 5.92. The maximum absolute atomic E-state index is 9.05. The van der Waals surface area contributed by atoms with Gasteiger partial charge in [-0.15, -0.1) is 0 Å². The third-order valence-corrected chi connectivity index (χ3v) is 1.73. The molecule has 66 valence electrons. The van der Waals surface area contributed by atoms with E-state index in [-0.39, 0.29) is 13.0 Å². The molecule has 0 aromatic carbocycles. The molecule has 4 atom stereocenters. The highest BCUT2D eigenvalue weighted by molar-refractivity contribution is 4.79. The fourth-order valence-electron chi connectivity index (χ4n) is 1.05. The van der Waals surface area contributed by atoms with Gasteiger partial charge in [0.15, 0.2) is 6.29 Å². The molecule has 1 fully saturated rings. The van der Waals surface area contributed by atoms with Crippen LogP contribution in [0, 0.1) is 0 Å². The van der Waals surface area contributed by atoms with Gasteiger partial charge in [0, 0.05) is 6.42 Å². The van der Waals surface area contributed by atoms with Crippen molar-refractivity contribution in [2.24, 2.45) is 0 Å². The molecule has 1 aliphatic heterocycles. The number of hydrogen-bond acceptors (Lipinski definition) is 5. The summed E-state index contributed by atoms with van der Waals surface area (Å²) in [5, 5.41) is 35.5. The monoisotopic (exact) mass is 164 g/mol. The molecule has 1 aliphatic rings. The second kappa shape index (κ2) is 3.46. The lowest BCUT2D eigenvalue weighted by Crippen LogP contribution is -2.49. The first-order valence-electron chi connectivity index (χ1n) is 3.45. The Labute approximate surface area is 63.8 Å². The Kier molecular flexibility index (Phi) is 2.80. The van der Waals surface area contributed by atoms with Crippen LogP contribution in [0.2, 0.25) is 0 Å². The van der Waals surface area contributed by atoms with Crippen molar-refractivity contribution in [1.82, 2.24) is 0 Å². The molecule has 3 unspecified atom stereocenters. The van der Waals surface area contributed by atoms with Crippen molar-refractivity contribution in [3.05, 3.63) is 0 Å². The summed E-state index contributed by atoms with van der Waals surface area (Å²) in [5.41, 5.74) is 0. The maximum Gasteiger partial charge on any atom is 0.183 e. The van der Waals surface area contributed by atoms with Crippen LogP contribution < -0.4 is 0 Å². The molecule has 4 N–H and O–H groups in total. The van der Waals surface area contributed by atoms with Crippen LogP contribution in [-0.4, -0.2) is 51.6 Å². The molecule has 0 bridgehead atoms. The SMILES string of the molecule is OCC1CC(O)C(O)[C@@H](O)O1. The minimum atomic E-state index is -1.39. The zero-order chi connectivity index (χ0) is 8.43. The molecule has 1 rings (SSSR count). The summed E-state index contributed by atoms with van der Waals surface area (Å²) in [6.45, 7) is -0.263. The van der Waals surface area contributed by atoms with Gasteiger partial charge in [0.2, 0.25) is 0 Å². The molecule has 0 aromatic heterocycles. The molecule has 5 nitrogen and oxygen atoms in total. The smallest absolute Gasteiger partial charge is 0.183 e. The molecule has 0 aromatic rings. The largest absolute Gasteiger partial charge is 0.394 e. The molecule has 1 saturated heterocycles. The summed E-state index contributed by atoms with van der Waals surface area (Å²) in [5.74, 6) is 0. The summed E-state index contributed by atoms with van der Waals surface area (Å²) in [7, 11) is 0. The Morgan fingerprint density at radius 1 is 1.27 bits per heavy atom. The van der Waals surface area contributed by atoms with E-state index in [1.807, 2.05) is 0 Å². The van der Waals surface area contributed by atoms with Crippen LogP contribution in [0.25, 0.3) is 0 Å². The molecular weight excluding hydrogens is 152 g/mol. The first-order valence-corrected chi connectivity index (χ1v) is 3.45. The van der Waals surface area contributed by atoms with E-state index >= 15 is 0 Å². The fourth-order valence-corrected chi connectivity index (χ4v) is 1.05. The third-order valence-electron chi connectivity index (χ3n) is 1.73. The summed E-state index contributed by atoms with van der Waals surface area (Å²) < 4.78 is 4.71. The van der Waals surface area contributed by atoms with E-state index in [9.17, 15) is 0 Å². The van der Waals surface area contributed by atoms with Crippen molar-refractivity contribution in [2.75, 3.05) is 6.61 Å². The molecule has 0 saturated carbocycles. The van der Waals surface area contributed by atoms with Gasteiger partial charge < -0.3 is 25.2 Å². The molecule has 11 heavy (non-hydrogen) atoms. The first kappa shape index (κ1) is 8.89. The van der Waals surface area contributed by atoms with Crippen molar-refractivity contribution in [1.29, 1.82) is 0 Å². The van der Waals surface area contributed by atoms with Crippen LogP contribution >= 0.6 is 0 Å². The van der Waals surface area contributed by atoms with Gasteiger partial charge in [0.1, 0.15) is 6.10 Å². The van der Waals surface area contributed by atoms with E-state index in [4.69, 9.17) is 25.2 Å². The number of aliphatic hydroxyl groups is 4. The predicted octanol–water partition coefficient (Wildman–Crippen LogP) is -2.19. The van der Waals surface area contributed by atoms with Gasteiger partial charge in [-0.25, -0.2) is 0 Å². The minimum Gasteiger partial charge on any atom is -0.394 e. The summed E-state index contributed by atoms with van der Waals surface area (Å²) in [6.07, 6.45) is -4.11. The highest BCUT2D eigenvalue weighted by Gasteiger charge is 2.34. The van der Waals surface area contributed by atoms with Crippen LogP contribution in [0.3, 0.4) is 0 Å². The van der Waals surface area contributed by atoms with E-state index < -0.39 is 24.6 Å². The highest BCUT2D eigenvalue weighted by atomic mass is 16.6. The summed E-state index contributed by atoms with van der Waals surface area (Å²) >= 11 is 0. The van der Waals surface area contributed by atoms with Crippen LogP contribution in [0.5, 0.6) is 0 Å². The van der Waals surface area contributed by atoms with Crippen LogP contribution in [-0.2, 0) is 4.74 Å². The van der Waals surface area contributed by atoms with Crippen molar-refractivity contribution in [3.8, 4) is 0 Å². The molecule has 1 heterocycles. The van der Waals surface area contributed by atoms with Gasteiger partial charge in [-0.3, -0.25) is 0 Å². The normalized spacial score (nSPS) is 45.8. The molecule has 0 radical (unpaired) electrons. The topological polar surface area (TPSA) is 90.2 Å². The van der Waals surface area contributed by atoms with Crippen molar-refractivity contribution < 1.29 is 25.2 Å². The minimum absolute atomic E-state index is 0.148. The second-order valence-corrected chi connectivity index (χ2v) is 2.62. The molecular formula is C6H12O5. The predicted molar refractivity (Wildman–Crippen MR) is 34.6 cm³/mol. The van der Waals surface area contributed by atoms with Crippen LogP contribution in [0.15, 0.2) is 0 Å². The highest BCUT2D eigenvalue weighted by Crippen LogP contribution is 2.17. The first-order chi connectivity index (χ1) is 5.15. The van der Waals surface area contributed by atoms with Gasteiger partial charge in [-0.2, -0.15) is 0 Å². The van der Waals surface area contributed by atoms with Gasteiger partial charge in [-0.1, -0.05) is 0 Å². The number of aliphatic hydroxyl groups excluding tert-OH is 4. The quantitative estimate of drug-likeness (QED) is 0.353. The Bertz CT molecular complexity index is 116. The number of hydrogen-bond donors (Lipinski definition) is 4. The second-order valence-electron chi connectivity index (χ2n) is 2.62. The van der Waals surface area contributed by atoms with Gasteiger partial charge >= 0.3 is 0 Å². The lowest BCUT2D eigenvalue weighted by atomic mass is 10.0. The summed E-state index contributed by atoms with van der Waals surface area (Å²) in [4.78, 5) is 0. The van der Waals surface area contributed by atoms with E-state index in [0.29, 0.717) is 0 Å². The van der Waals surface area contributed by atoms with Crippen LogP contribution in [0.1, 0.15) is 6.42 Å². The molecule has 0 amide bonds. The Morgan fingerprint density at radius 2 is 1.91 bits per heavy atom. The Morgan fingerprint density at radius 3 is 2.36 bits per heavy atom. The molecule has 5 heteroatoms. The van der Waals surface area contributed by atoms with Gasteiger partial charge in [0.25, 0.3) is 0 Å². The Hall–Kier alpha value is -0.200. The van der Waals surface area contributed by atoms with E-state index in [0.717, 1.165) is 0 Å². The van der Waals surface area contributed by atoms with Gasteiger partial charge in [-0.05, 0) is 0 Å². The average Bonchev–Trinajstić information content (AvgIpc) is 1.99. The van der Waals surface area contributed by atoms with Crippen molar-refractivity contribution in [3.63, 3.8) is 0 Å². The lowest BCUT2D eigenvalue weighted by Gasteiger charge is -2.33. The lowest BCUT2D eigenvalue weighted by molar-refractivity contribution is -0.251. The fraction of sp³-hybridized carbons (Fsp3) is 1.00. The van der Waals surface area contributed by atoms with Crippen LogP contribution in [0.4, 0.5) is 0 Å². The third kappa shape index (κ3) is 1.88. The molecule has 0 spiro atoms. The molecule has 0 aliphatic carbocycles. The van der Waals surface area contributed by atoms with Crippen molar-refractivity contribution >= 4 is 0 Å². The Balaban J connectivity index is 2.47. The van der Waals surface area contributed by atoms with E-state index in [2.05, 4.69) is 0 Å². The van der Waals surface area contributed by atoms with E-state index in [1.54, 1.807) is 0 Å². The zero-order valence-corrected chi connectivity index (χ0v) is 5.92. The van der Waals surface area contributed by atoms with E-state index in [1.165, 1.54) is 0 Å². The standard InChI is InChI=1S/C6H12O5/c7-2-3-1-4(8)5(9)6(10)11-3/h3-10H,1-2H2/t3?,4?,5?,6-/m0/s1. The number of ether oxygens (including phenoxy) is 1. The average molecular weight is 164 g/mol. The van der Waals surface area contributed by atoms with Crippen molar-refractivity contribution in [2.45, 2.75) is 31.0 Å². The number of rotatable bonds is 1. The van der Waals surface area contributed by atoms with Gasteiger partial charge in [0.05, 0.1) is 18.8 Å². The summed E-state index contributed by atoms with van der Waals surface area (Å²) in [6, 6.07) is 0.